The number of aliphatic hydroxyl groups excluding tert-OH is 4. The van der Waals surface area contributed by atoms with Crippen LogP contribution < -0.4 is 4.74 Å². The van der Waals surface area contributed by atoms with Crippen LogP contribution in [-0.2, 0) is 11.2 Å². The van der Waals surface area contributed by atoms with Gasteiger partial charge in [0.25, 0.3) is 0 Å². The second-order valence-electron chi connectivity index (χ2n) is 8.00. The van der Waals surface area contributed by atoms with Gasteiger partial charge in [0.1, 0.15) is 30.2 Å². The first-order valence-electron chi connectivity index (χ1n) is 10.6. The van der Waals surface area contributed by atoms with Gasteiger partial charge in [-0.05, 0) is 55.2 Å². The molecule has 7 heteroatoms. The highest BCUT2D eigenvalue weighted by Gasteiger charge is 2.44. The minimum atomic E-state index is -1.42. The second-order valence-corrected chi connectivity index (χ2v) is 8.00. The lowest BCUT2D eigenvalue weighted by Gasteiger charge is -2.40. The highest BCUT2D eigenvalue weighted by Crippen LogP contribution is 2.35. The zero-order valence-electron chi connectivity index (χ0n) is 17.7. The van der Waals surface area contributed by atoms with E-state index in [-0.39, 0.29) is 0 Å². The lowest BCUT2D eigenvalue weighted by molar-refractivity contribution is -0.250. The van der Waals surface area contributed by atoms with Crippen LogP contribution in [0.5, 0.6) is 5.75 Å². The van der Waals surface area contributed by atoms with Crippen LogP contribution in [-0.4, -0.2) is 62.6 Å². The number of aliphatic hydroxyl groups is 4. The molecule has 0 saturated carbocycles. The van der Waals surface area contributed by atoms with Crippen LogP contribution in [0.25, 0.3) is 10.9 Å². The van der Waals surface area contributed by atoms with Gasteiger partial charge in [-0.15, -0.1) is 0 Å². The SMILES string of the molecule is CCOc1ccc(Cc2cn([C@@H]3O[C@H](CO)[C@@H](O)[C@H](O)[C@H]3O)c3cccc(C)c23)cc1. The Kier molecular flexibility index (Phi) is 6.31. The largest absolute Gasteiger partial charge is 0.494 e. The number of aryl methyl sites for hydroxylation is 1. The average Bonchev–Trinajstić information content (AvgIpc) is 3.13. The Hall–Kier alpha value is -2.42. The number of benzene rings is 2. The summed E-state index contributed by atoms with van der Waals surface area (Å²) in [4.78, 5) is 0. The molecule has 1 saturated heterocycles. The van der Waals surface area contributed by atoms with Crippen LogP contribution in [0.15, 0.2) is 48.7 Å². The number of aromatic nitrogens is 1. The summed E-state index contributed by atoms with van der Waals surface area (Å²) in [6, 6.07) is 13.8. The molecule has 0 unspecified atom stereocenters. The lowest BCUT2D eigenvalue weighted by atomic mass is 9.98. The number of hydrogen-bond acceptors (Lipinski definition) is 6. The third kappa shape index (κ3) is 4.07. The Balaban J connectivity index is 1.73. The van der Waals surface area contributed by atoms with Crippen molar-refractivity contribution in [2.24, 2.45) is 0 Å². The monoisotopic (exact) mass is 427 g/mol. The van der Waals surface area contributed by atoms with Crippen molar-refractivity contribution in [3.63, 3.8) is 0 Å². The van der Waals surface area contributed by atoms with Gasteiger partial charge in [-0.2, -0.15) is 0 Å². The summed E-state index contributed by atoms with van der Waals surface area (Å²) in [7, 11) is 0. The molecule has 0 spiro atoms. The van der Waals surface area contributed by atoms with E-state index in [0.717, 1.165) is 33.3 Å². The molecule has 4 rings (SSSR count). The van der Waals surface area contributed by atoms with Crippen molar-refractivity contribution in [2.75, 3.05) is 13.2 Å². The third-order valence-electron chi connectivity index (χ3n) is 5.92. The van der Waals surface area contributed by atoms with E-state index in [9.17, 15) is 20.4 Å². The fourth-order valence-electron chi connectivity index (χ4n) is 4.33. The normalized spacial score (nSPS) is 26.3. The molecule has 1 fully saturated rings. The number of hydrogen-bond donors (Lipinski definition) is 4. The first-order valence-corrected chi connectivity index (χ1v) is 10.6. The zero-order chi connectivity index (χ0) is 22.1. The molecule has 5 atom stereocenters. The van der Waals surface area contributed by atoms with Crippen molar-refractivity contribution in [2.45, 2.75) is 50.9 Å². The van der Waals surface area contributed by atoms with Crippen molar-refractivity contribution >= 4 is 10.9 Å². The molecule has 0 bridgehead atoms. The van der Waals surface area contributed by atoms with Gasteiger partial charge in [-0.1, -0.05) is 24.3 Å². The van der Waals surface area contributed by atoms with Gasteiger partial charge in [0.15, 0.2) is 6.23 Å². The fourth-order valence-corrected chi connectivity index (χ4v) is 4.33. The maximum absolute atomic E-state index is 10.6. The maximum atomic E-state index is 10.6. The van der Waals surface area contributed by atoms with Crippen molar-refractivity contribution in [3.8, 4) is 5.75 Å². The van der Waals surface area contributed by atoms with E-state index in [4.69, 9.17) is 9.47 Å². The summed E-state index contributed by atoms with van der Waals surface area (Å²) in [6.45, 7) is 4.13. The Bertz CT molecular complexity index is 1030. The Labute approximate surface area is 181 Å². The Morgan fingerprint density at radius 3 is 2.42 bits per heavy atom. The summed E-state index contributed by atoms with van der Waals surface area (Å²) in [5, 5.41) is 41.6. The second kappa shape index (κ2) is 8.98. The molecule has 4 N–H and O–H groups in total. The Morgan fingerprint density at radius 2 is 1.74 bits per heavy atom. The van der Waals surface area contributed by atoms with E-state index in [2.05, 4.69) is 0 Å². The van der Waals surface area contributed by atoms with Gasteiger partial charge in [-0.25, -0.2) is 0 Å². The third-order valence-corrected chi connectivity index (χ3v) is 5.92. The van der Waals surface area contributed by atoms with E-state index in [1.165, 1.54) is 0 Å². The molecule has 3 aromatic rings. The van der Waals surface area contributed by atoms with Crippen LogP contribution >= 0.6 is 0 Å². The molecule has 31 heavy (non-hydrogen) atoms. The highest BCUT2D eigenvalue weighted by atomic mass is 16.6. The van der Waals surface area contributed by atoms with E-state index >= 15 is 0 Å². The molecule has 2 heterocycles. The van der Waals surface area contributed by atoms with E-state index in [1.54, 1.807) is 4.57 Å². The minimum Gasteiger partial charge on any atom is -0.494 e. The van der Waals surface area contributed by atoms with Gasteiger partial charge in [0, 0.05) is 11.6 Å². The van der Waals surface area contributed by atoms with Crippen molar-refractivity contribution in [1.29, 1.82) is 0 Å². The quantitative estimate of drug-likeness (QED) is 0.479. The number of rotatable bonds is 6. The topological polar surface area (TPSA) is 104 Å². The summed E-state index contributed by atoms with van der Waals surface area (Å²) in [6.07, 6.45) is -3.46. The van der Waals surface area contributed by atoms with Gasteiger partial charge in [-0.3, -0.25) is 0 Å². The van der Waals surface area contributed by atoms with Gasteiger partial charge in [0.2, 0.25) is 0 Å². The van der Waals surface area contributed by atoms with Crippen molar-refractivity contribution in [1.82, 2.24) is 4.57 Å². The van der Waals surface area contributed by atoms with Gasteiger partial charge in [0.05, 0.1) is 18.7 Å². The fraction of sp³-hybridized carbons (Fsp3) is 0.417. The predicted octanol–water partition coefficient (Wildman–Crippen LogP) is 1.91. The van der Waals surface area contributed by atoms with E-state index in [1.807, 2.05) is 62.5 Å². The number of ether oxygens (including phenoxy) is 2. The molecular weight excluding hydrogens is 398 g/mol. The molecule has 0 amide bonds. The molecule has 2 aromatic carbocycles. The molecule has 1 aliphatic rings. The first kappa shape index (κ1) is 21.8. The lowest BCUT2D eigenvalue weighted by Crippen LogP contribution is -2.56. The van der Waals surface area contributed by atoms with Crippen LogP contribution in [0, 0.1) is 6.92 Å². The van der Waals surface area contributed by atoms with Crippen molar-refractivity contribution < 1.29 is 29.9 Å². The summed E-state index contributed by atoms with van der Waals surface area (Å²) >= 11 is 0. The van der Waals surface area contributed by atoms with Gasteiger partial charge < -0.3 is 34.5 Å². The van der Waals surface area contributed by atoms with Crippen LogP contribution in [0.2, 0.25) is 0 Å². The first-order chi connectivity index (χ1) is 14.9. The molecule has 0 radical (unpaired) electrons. The molecule has 0 aliphatic carbocycles. The molecule has 1 aliphatic heterocycles. The molecule has 166 valence electrons. The molecule has 1 aromatic heterocycles. The molecule has 7 nitrogen and oxygen atoms in total. The van der Waals surface area contributed by atoms with Crippen molar-refractivity contribution in [3.05, 3.63) is 65.4 Å². The van der Waals surface area contributed by atoms with E-state index < -0.39 is 37.3 Å². The number of fused-ring (bicyclic) bond motifs is 1. The van der Waals surface area contributed by atoms with Crippen LogP contribution in [0.3, 0.4) is 0 Å². The summed E-state index contributed by atoms with van der Waals surface area (Å²) in [5.41, 5.74) is 4.10. The maximum Gasteiger partial charge on any atom is 0.163 e. The smallest absolute Gasteiger partial charge is 0.163 e. The Morgan fingerprint density at radius 1 is 1.00 bits per heavy atom. The number of nitrogens with zero attached hydrogens (tertiary/aromatic N) is 1. The average molecular weight is 427 g/mol. The summed E-state index contributed by atoms with van der Waals surface area (Å²) in [5.74, 6) is 0.825. The highest BCUT2D eigenvalue weighted by molar-refractivity contribution is 5.87. The molecular formula is C24H29NO6. The van der Waals surface area contributed by atoms with Gasteiger partial charge >= 0.3 is 0 Å². The zero-order valence-corrected chi connectivity index (χ0v) is 17.7. The predicted molar refractivity (Wildman–Crippen MR) is 116 cm³/mol. The van der Waals surface area contributed by atoms with E-state index in [0.29, 0.717) is 13.0 Å². The summed E-state index contributed by atoms with van der Waals surface area (Å²) < 4.78 is 13.1. The van der Waals surface area contributed by atoms with Crippen LogP contribution in [0.1, 0.15) is 29.8 Å². The minimum absolute atomic E-state index is 0.460. The standard InChI is InChI=1S/C24H29NO6/c1-3-30-17-9-7-15(8-10-17)11-16-12-25(18-6-4-5-14(2)20(16)18)24-23(29)22(28)21(27)19(13-26)31-24/h4-10,12,19,21-24,26-29H,3,11,13H2,1-2H3/t19-,21-,22+,23-,24-/m1/s1. The van der Waals surface area contributed by atoms with Crippen LogP contribution in [0.4, 0.5) is 0 Å².